The highest BCUT2D eigenvalue weighted by atomic mass is 16.5. The average Bonchev–Trinajstić information content (AvgIpc) is 3.10. The average molecular weight is 337 g/mol. The monoisotopic (exact) mass is 337 g/mol. The Kier molecular flexibility index (Phi) is 5.61. The molecule has 0 atom stereocenters. The van der Waals surface area contributed by atoms with E-state index in [1.807, 2.05) is 6.20 Å². The molecule has 0 bridgehead atoms. The van der Waals surface area contributed by atoms with Crippen molar-refractivity contribution in [3.05, 3.63) is 59.8 Å². The third-order valence-electron chi connectivity index (χ3n) is 4.50. The molecule has 0 saturated carbocycles. The molecule has 0 aliphatic rings. The predicted octanol–water partition coefficient (Wildman–Crippen LogP) is 4.50. The molecule has 0 spiro atoms. The van der Waals surface area contributed by atoms with Gasteiger partial charge in [-0.1, -0.05) is 32.0 Å². The van der Waals surface area contributed by atoms with Crippen LogP contribution in [0.15, 0.2) is 48.7 Å². The first-order chi connectivity index (χ1) is 12.2. The minimum Gasteiger partial charge on any atom is -0.496 e. The second kappa shape index (κ2) is 8.08. The normalized spacial score (nSPS) is 11.2. The van der Waals surface area contributed by atoms with Crippen LogP contribution in [0.3, 0.4) is 0 Å². The second-order valence-corrected chi connectivity index (χ2v) is 6.57. The first-order valence-electron chi connectivity index (χ1n) is 8.86. The van der Waals surface area contributed by atoms with Gasteiger partial charge in [0.25, 0.3) is 0 Å². The molecule has 3 rings (SSSR count). The number of aromatic amines is 1. The molecule has 0 unspecified atom stereocenters. The van der Waals surface area contributed by atoms with Crippen molar-refractivity contribution >= 4 is 16.6 Å². The van der Waals surface area contributed by atoms with Crippen molar-refractivity contribution in [2.24, 2.45) is 0 Å². The molecule has 3 N–H and O–H groups in total. The summed E-state index contributed by atoms with van der Waals surface area (Å²) in [7, 11) is 1.73. The zero-order chi connectivity index (χ0) is 17.6. The van der Waals surface area contributed by atoms with E-state index in [0.29, 0.717) is 5.92 Å². The Balaban J connectivity index is 1.53. The van der Waals surface area contributed by atoms with Crippen LogP contribution >= 0.6 is 0 Å². The van der Waals surface area contributed by atoms with Gasteiger partial charge in [0.15, 0.2) is 0 Å². The molecule has 4 nitrogen and oxygen atoms in total. The summed E-state index contributed by atoms with van der Waals surface area (Å²) in [4.78, 5) is 3.24. The third-order valence-corrected chi connectivity index (χ3v) is 4.50. The predicted molar refractivity (Wildman–Crippen MR) is 106 cm³/mol. The van der Waals surface area contributed by atoms with Crippen LogP contribution in [0.5, 0.6) is 5.75 Å². The fraction of sp³-hybridized carbons (Fsp3) is 0.333. The molecule has 0 amide bonds. The SMILES string of the molecule is COc1ccc(C(C)C)cc1CNCCNc1cccc2[nH]ccc12. The van der Waals surface area contributed by atoms with Gasteiger partial charge in [-0.15, -0.1) is 0 Å². The zero-order valence-electron chi connectivity index (χ0n) is 15.2. The van der Waals surface area contributed by atoms with Crippen LogP contribution in [-0.2, 0) is 6.54 Å². The van der Waals surface area contributed by atoms with Crippen molar-refractivity contribution in [2.45, 2.75) is 26.3 Å². The quantitative estimate of drug-likeness (QED) is 0.530. The van der Waals surface area contributed by atoms with E-state index in [1.165, 1.54) is 22.2 Å². The van der Waals surface area contributed by atoms with Crippen molar-refractivity contribution in [3.63, 3.8) is 0 Å². The molecule has 0 saturated heterocycles. The summed E-state index contributed by atoms with van der Waals surface area (Å²) in [6.45, 7) is 6.99. The highest BCUT2D eigenvalue weighted by Crippen LogP contribution is 2.24. The molecule has 132 valence electrons. The van der Waals surface area contributed by atoms with Crippen LogP contribution < -0.4 is 15.4 Å². The molecule has 1 heterocycles. The maximum absolute atomic E-state index is 5.49. The maximum atomic E-state index is 5.49. The largest absolute Gasteiger partial charge is 0.496 e. The lowest BCUT2D eigenvalue weighted by atomic mass is 10.0. The summed E-state index contributed by atoms with van der Waals surface area (Å²) < 4.78 is 5.49. The van der Waals surface area contributed by atoms with Gasteiger partial charge in [-0.05, 0) is 35.7 Å². The lowest BCUT2D eigenvalue weighted by Gasteiger charge is -2.14. The van der Waals surface area contributed by atoms with E-state index in [4.69, 9.17) is 4.74 Å². The molecule has 2 aromatic carbocycles. The van der Waals surface area contributed by atoms with Crippen LogP contribution in [0.2, 0.25) is 0 Å². The number of rotatable bonds is 8. The van der Waals surface area contributed by atoms with Gasteiger partial charge in [0, 0.05) is 48.0 Å². The molecular weight excluding hydrogens is 310 g/mol. The molecule has 0 radical (unpaired) electrons. The Morgan fingerprint density at radius 3 is 2.76 bits per heavy atom. The number of hydrogen-bond acceptors (Lipinski definition) is 3. The fourth-order valence-corrected chi connectivity index (χ4v) is 3.04. The summed E-state index contributed by atoms with van der Waals surface area (Å²) in [5.41, 5.74) is 4.88. The topological polar surface area (TPSA) is 49.1 Å². The number of fused-ring (bicyclic) bond motifs is 1. The molecule has 4 heteroatoms. The van der Waals surface area contributed by atoms with E-state index in [1.54, 1.807) is 7.11 Å². The molecule has 0 aliphatic heterocycles. The van der Waals surface area contributed by atoms with E-state index in [9.17, 15) is 0 Å². The summed E-state index contributed by atoms with van der Waals surface area (Å²) in [5, 5.41) is 8.24. The van der Waals surface area contributed by atoms with Gasteiger partial charge >= 0.3 is 0 Å². The van der Waals surface area contributed by atoms with Crippen molar-refractivity contribution in [1.82, 2.24) is 10.3 Å². The zero-order valence-corrected chi connectivity index (χ0v) is 15.2. The minimum atomic E-state index is 0.521. The Bertz CT molecular complexity index is 823. The van der Waals surface area contributed by atoms with Gasteiger partial charge in [0.1, 0.15) is 5.75 Å². The van der Waals surface area contributed by atoms with Gasteiger partial charge < -0.3 is 20.4 Å². The lowest BCUT2D eigenvalue weighted by molar-refractivity contribution is 0.407. The Morgan fingerprint density at radius 1 is 1.08 bits per heavy atom. The van der Waals surface area contributed by atoms with Crippen molar-refractivity contribution in [1.29, 1.82) is 0 Å². The van der Waals surface area contributed by atoms with Crippen molar-refractivity contribution < 1.29 is 4.74 Å². The van der Waals surface area contributed by atoms with Crippen LogP contribution in [0.25, 0.3) is 10.9 Å². The molecule has 1 aromatic heterocycles. The van der Waals surface area contributed by atoms with Gasteiger partial charge in [0.05, 0.1) is 7.11 Å². The van der Waals surface area contributed by atoms with Gasteiger partial charge in [0.2, 0.25) is 0 Å². The standard InChI is InChI=1S/C21H27N3O/c1-15(2)16-7-8-21(25-3)17(13-16)14-22-11-12-24-20-6-4-5-19-18(20)9-10-23-19/h4-10,13,15,22-24H,11-12,14H2,1-3H3. The number of nitrogens with one attached hydrogen (secondary N) is 3. The number of aromatic nitrogens is 1. The van der Waals surface area contributed by atoms with Gasteiger partial charge in [-0.3, -0.25) is 0 Å². The van der Waals surface area contributed by atoms with Gasteiger partial charge in [-0.25, -0.2) is 0 Å². The Morgan fingerprint density at radius 2 is 1.96 bits per heavy atom. The summed E-state index contributed by atoms with van der Waals surface area (Å²) in [5.74, 6) is 1.47. The Hall–Kier alpha value is -2.46. The maximum Gasteiger partial charge on any atom is 0.123 e. The lowest BCUT2D eigenvalue weighted by Crippen LogP contribution is -2.22. The third kappa shape index (κ3) is 4.15. The molecule has 3 aromatic rings. The summed E-state index contributed by atoms with van der Waals surface area (Å²) in [6, 6.07) is 14.8. The van der Waals surface area contributed by atoms with Crippen LogP contribution in [0.4, 0.5) is 5.69 Å². The number of ether oxygens (including phenoxy) is 1. The van der Waals surface area contributed by atoms with Gasteiger partial charge in [-0.2, -0.15) is 0 Å². The number of anilines is 1. The fourth-order valence-electron chi connectivity index (χ4n) is 3.04. The number of methoxy groups -OCH3 is 1. The first-order valence-corrected chi connectivity index (χ1v) is 8.86. The van der Waals surface area contributed by atoms with E-state index >= 15 is 0 Å². The highest BCUT2D eigenvalue weighted by Gasteiger charge is 2.07. The molecular formula is C21H27N3O. The molecule has 0 aliphatic carbocycles. The van der Waals surface area contributed by atoms with Crippen LogP contribution in [-0.4, -0.2) is 25.2 Å². The van der Waals surface area contributed by atoms with Crippen LogP contribution in [0, 0.1) is 0 Å². The number of benzene rings is 2. The minimum absolute atomic E-state index is 0.521. The van der Waals surface area contributed by atoms with Crippen LogP contribution in [0.1, 0.15) is 30.9 Å². The van der Waals surface area contributed by atoms with E-state index in [2.05, 4.69) is 71.9 Å². The van der Waals surface area contributed by atoms with Crippen molar-refractivity contribution in [2.75, 3.05) is 25.5 Å². The van der Waals surface area contributed by atoms with E-state index in [-0.39, 0.29) is 0 Å². The van der Waals surface area contributed by atoms with Crippen molar-refractivity contribution in [3.8, 4) is 5.75 Å². The van der Waals surface area contributed by atoms with E-state index in [0.717, 1.165) is 30.9 Å². The first kappa shape index (κ1) is 17.4. The molecule has 0 fully saturated rings. The highest BCUT2D eigenvalue weighted by molar-refractivity contribution is 5.91. The Labute approximate surface area is 149 Å². The smallest absolute Gasteiger partial charge is 0.123 e. The van der Waals surface area contributed by atoms with E-state index < -0.39 is 0 Å². The molecule has 25 heavy (non-hydrogen) atoms. The summed E-state index contributed by atoms with van der Waals surface area (Å²) in [6.07, 6.45) is 1.97. The second-order valence-electron chi connectivity index (χ2n) is 6.57. The summed E-state index contributed by atoms with van der Waals surface area (Å²) >= 11 is 0. The number of hydrogen-bond donors (Lipinski definition) is 3. The number of H-pyrrole nitrogens is 1.